The van der Waals surface area contributed by atoms with Gasteiger partial charge >= 0.3 is 5.97 Å². The maximum atomic E-state index is 10.6. The zero-order valence-electron chi connectivity index (χ0n) is 6.47. The summed E-state index contributed by atoms with van der Waals surface area (Å²) < 4.78 is 4.82. The van der Waals surface area contributed by atoms with Gasteiger partial charge in [0.2, 0.25) is 0 Å². The highest BCUT2D eigenvalue weighted by molar-refractivity contribution is 5.71. The van der Waals surface area contributed by atoms with Gasteiger partial charge in [0.15, 0.2) is 0 Å². The smallest absolute Gasteiger partial charge is 0.322 e. The van der Waals surface area contributed by atoms with Crippen molar-refractivity contribution < 1.29 is 14.7 Å². The van der Waals surface area contributed by atoms with Crippen LogP contribution in [0, 0.1) is 0 Å². The number of nitrogens with one attached hydrogen (secondary N) is 1. The van der Waals surface area contributed by atoms with Crippen LogP contribution in [0.1, 0.15) is 20.8 Å². The first-order chi connectivity index (χ1) is 4.45. The molecule has 10 heavy (non-hydrogen) atoms. The average Bonchev–Trinajstić information content (AvgIpc) is 1.59. The lowest BCUT2D eigenvalue weighted by Gasteiger charge is -2.18. The van der Waals surface area contributed by atoms with Gasteiger partial charge in [-0.2, -0.15) is 5.48 Å². The first kappa shape index (κ1) is 9.39. The summed E-state index contributed by atoms with van der Waals surface area (Å²) in [7, 11) is 0. The van der Waals surface area contributed by atoms with Gasteiger partial charge in [0, 0.05) is 0 Å². The maximum Gasteiger partial charge on any atom is 0.322 e. The Morgan fingerprint density at radius 1 is 1.60 bits per heavy atom. The van der Waals surface area contributed by atoms with Crippen LogP contribution in [0.2, 0.25) is 0 Å². The Labute approximate surface area is 60.1 Å². The van der Waals surface area contributed by atoms with Crippen LogP contribution >= 0.6 is 0 Å². The minimum Gasteiger partial charge on any atom is -0.459 e. The highest BCUT2D eigenvalue weighted by Crippen LogP contribution is 2.05. The molecule has 4 heteroatoms. The molecule has 0 atom stereocenters. The van der Waals surface area contributed by atoms with Crippen LogP contribution in [-0.2, 0) is 9.53 Å². The van der Waals surface area contributed by atoms with Gasteiger partial charge in [0.05, 0.1) is 0 Å². The lowest BCUT2D eigenvalue weighted by atomic mass is 10.2. The van der Waals surface area contributed by atoms with E-state index in [2.05, 4.69) is 0 Å². The van der Waals surface area contributed by atoms with Crippen LogP contribution in [0.4, 0.5) is 0 Å². The zero-order chi connectivity index (χ0) is 8.20. The molecule has 0 fully saturated rings. The van der Waals surface area contributed by atoms with Crippen molar-refractivity contribution in [1.82, 2.24) is 5.48 Å². The third kappa shape index (κ3) is 5.53. The molecule has 0 rings (SSSR count). The molecule has 0 aliphatic rings. The summed E-state index contributed by atoms with van der Waals surface area (Å²) in [4.78, 5) is 10.6. The van der Waals surface area contributed by atoms with Crippen molar-refractivity contribution in [2.24, 2.45) is 0 Å². The Kier molecular flexibility index (Phi) is 3.32. The van der Waals surface area contributed by atoms with Crippen LogP contribution in [0.15, 0.2) is 0 Å². The predicted molar refractivity (Wildman–Crippen MR) is 35.6 cm³/mol. The molecular weight excluding hydrogens is 134 g/mol. The lowest BCUT2D eigenvalue weighted by Crippen LogP contribution is -2.30. The topological polar surface area (TPSA) is 58.6 Å². The fourth-order valence-corrected chi connectivity index (χ4v) is 0.442. The lowest BCUT2D eigenvalue weighted by molar-refractivity contribution is -0.155. The molecule has 0 aromatic heterocycles. The van der Waals surface area contributed by atoms with Crippen molar-refractivity contribution >= 4 is 5.97 Å². The normalized spacial score (nSPS) is 11.2. The second kappa shape index (κ2) is 3.53. The standard InChI is InChI=1S/C6H13NO3/c1-6(2,3)10-5(8)4-7-9/h7,9H,4H2,1-3H3. The Bertz CT molecular complexity index is 117. The number of hydrogen-bond donors (Lipinski definition) is 2. The van der Waals surface area contributed by atoms with E-state index in [0.29, 0.717) is 0 Å². The molecule has 4 nitrogen and oxygen atoms in total. The van der Waals surface area contributed by atoms with E-state index in [1.807, 2.05) is 0 Å². The molecule has 0 unspecified atom stereocenters. The largest absolute Gasteiger partial charge is 0.459 e. The number of hydroxylamine groups is 1. The SMILES string of the molecule is CC(C)(C)OC(=O)CNO. The summed E-state index contributed by atoms with van der Waals surface area (Å²) in [5.74, 6) is -0.463. The molecule has 0 radical (unpaired) electrons. The predicted octanol–water partition coefficient (Wildman–Crippen LogP) is 0.307. The number of esters is 1. The molecule has 0 aromatic rings. The number of carbonyl (C=O) groups excluding carboxylic acids is 1. The highest BCUT2D eigenvalue weighted by atomic mass is 16.6. The first-order valence-electron chi connectivity index (χ1n) is 3.04. The molecule has 0 saturated carbocycles. The van der Waals surface area contributed by atoms with Gasteiger partial charge in [-0.15, -0.1) is 0 Å². The van der Waals surface area contributed by atoms with Crippen LogP contribution in [0.3, 0.4) is 0 Å². The van der Waals surface area contributed by atoms with E-state index in [1.165, 1.54) is 0 Å². The third-order valence-corrected chi connectivity index (χ3v) is 0.643. The fraction of sp³-hybridized carbons (Fsp3) is 0.833. The summed E-state index contributed by atoms with van der Waals surface area (Å²) in [5.41, 5.74) is 1.24. The summed E-state index contributed by atoms with van der Waals surface area (Å²) in [6.07, 6.45) is 0. The summed E-state index contributed by atoms with van der Waals surface area (Å²) in [6.45, 7) is 5.13. The number of carbonyl (C=O) groups is 1. The Morgan fingerprint density at radius 2 is 2.10 bits per heavy atom. The minimum absolute atomic E-state index is 0.169. The average molecular weight is 147 g/mol. The molecule has 0 spiro atoms. The van der Waals surface area contributed by atoms with E-state index in [9.17, 15) is 4.79 Å². The summed E-state index contributed by atoms with van der Waals surface area (Å²) in [6, 6.07) is 0. The fourth-order valence-electron chi connectivity index (χ4n) is 0.442. The molecule has 0 aromatic carbocycles. The molecule has 0 aliphatic heterocycles. The quantitative estimate of drug-likeness (QED) is 0.436. The third-order valence-electron chi connectivity index (χ3n) is 0.643. The van der Waals surface area contributed by atoms with Crippen molar-refractivity contribution in [2.45, 2.75) is 26.4 Å². The van der Waals surface area contributed by atoms with Gasteiger partial charge in [-0.05, 0) is 20.8 Å². The van der Waals surface area contributed by atoms with Gasteiger partial charge in [0.25, 0.3) is 0 Å². The van der Waals surface area contributed by atoms with Gasteiger partial charge < -0.3 is 9.94 Å². The van der Waals surface area contributed by atoms with E-state index < -0.39 is 11.6 Å². The van der Waals surface area contributed by atoms with Crippen LogP contribution in [-0.4, -0.2) is 23.3 Å². The molecule has 60 valence electrons. The van der Waals surface area contributed by atoms with Crippen molar-refractivity contribution in [3.63, 3.8) is 0 Å². The van der Waals surface area contributed by atoms with E-state index in [4.69, 9.17) is 9.94 Å². The van der Waals surface area contributed by atoms with Gasteiger partial charge in [0.1, 0.15) is 12.1 Å². The van der Waals surface area contributed by atoms with E-state index >= 15 is 0 Å². The van der Waals surface area contributed by atoms with E-state index in [0.717, 1.165) is 0 Å². The molecule has 2 N–H and O–H groups in total. The van der Waals surface area contributed by atoms with E-state index in [1.54, 1.807) is 26.3 Å². The van der Waals surface area contributed by atoms with Gasteiger partial charge in [-0.25, -0.2) is 0 Å². The number of rotatable bonds is 2. The molecule has 0 saturated heterocycles. The van der Waals surface area contributed by atoms with Crippen molar-refractivity contribution in [2.75, 3.05) is 6.54 Å². The van der Waals surface area contributed by atoms with Crippen LogP contribution in [0.25, 0.3) is 0 Å². The van der Waals surface area contributed by atoms with Crippen molar-refractivity contribution in [3.8, 4) is 0 Å². The second-order valence-corrected chi connectivity index (χ2v) is 2.92. The van der Waals surface area contributed by atoms with Crippen molar-refractivity contribution in [3.05, 3.63) is 0 Å². The maximum absolute atomic E-state index is 10.6. The Morgan fingerprint density at radius 3 is 2.40 bits per heavy atom. The number of ether oxygens (including phenoxy) is 1. The molecule has 0 bridgehead atoms. The Hall–Kier alpha value is -0.610. The summed E-state index contributed by atoms with van der Waals surface area (Å²) >= 11 is 0. The van der Waals surface area contributed by atoms with Crippen LogP contribution in [0.5, 0.6) is 0 Å². The van der Waals surface area contributed by atoms with E-state index in [-0.39, 0.29) is 6.54 Å². The zero-order valence-corrected chi connectivity index (χ0v) is 6.47. The van der Waals surface area contributed by atoms with Gasteiger partial charge in [-0.1, -0.05) is 0 Å². The summed E-state index contributed by atoms with van der Waals surface area (Å²) in [5, 5.41) is 8.08. The first-order valence-corrected chi connectivity index (χ1v) is 3.04. The molecule has 0 heterocycles. The van der Waals surface area contributed by atoms with Crippen LogP contribution < -0.4 is 5.48 Å². The number of hydrogen-bond acceptors (Lipinski definition) is 4. The monoisotopic (exact) mass is 147 g/mol. The molecule has 0 amide bonds. The Balaban J connectivity index is 3.58. The van der Waals surface area contributed by atoms with Crippen molar-refractivity contribution in [1.29, 1.82) is 0 Å². The molecule has 0 aliphatic carbocycles. The minimum atomic E-state index is -0.478. The molecular formula is C6H13NO3. The van der Waals surface area contributed by atoms with Gasteiger partial charge in [-0.3, -0.25) is 4.79 Å². The second-order valence-electron chi connectivity index (χ2n) is 2.92. The highest BCUT2D eigenvalue weighted by Gasteiger charge is 2.14.